The van der Waals surface area contributed by atoms with Crippen LogP contribution in [0.2, 0.25) is 0 Å². The van der Waals surface area contributed by atoms with Gasteiger partial charge in [-0.25, -0.2) is 0 Å². The summed E-state index contributed by atoms with van der Waals surface area (Å²) in [5, 5.41) is 3.55. The zero-order valence-electron chi connectivity index (χ0n) is 13.5. The Labute approximate surface area is 116 Å². The van der Waals surface area contributed by atoms with Crippen molar-refractivity contribution in [3.63, 3.8) is 0 Å². The Hall–Kier alpha value is -0.0800. The van der Waals surface area contributed by atoms with Crippen molar-refractivity contribution < 1.29 is 0 Å². The van der Waals surface area contributed by atoms with Crippen LogP contribution in [-0.2, 0) is 0 Å². The SMILES string of the molecule is CCCCCN(C)CCCCCCNC(C)(C)C. The van der Waals surface area contributed by atoms with Crippen LogP contribution < -0.4 is 5.32 Å². The Morgan fingerprint density at radius 1 is 0.833 bits per heavy atom. The fourth-order valence-electron chi connectivity index (χ4n) is 2.07. The molecule has 0 heterocycles. The normalized spacial score (nSPS) is 12.3. The summed E-state index contributed by atoms with van der Waals surface area (Å²) in [5.74, 6) is 0. The van der Waals surface area contributed by atoms with Crippen molar-refractivity contribution in [2.24, 2.45) is 0 Å². The number of hydrogen-bond acceptors (Lipinski definition) is 2. The van der Waals surface area contributed by atoms with Gasteiger partial charge in [-0.3, -0.25) is 0 Å². The summed E-state index contributed by atoms with van der Waals surface area (Å²) in [6.45, 7) is 12.7. The van der Waals surface area contributed by atoms with Crippen LogP contribution in [0.5, 0.6) is 0 Å². The van der Waals surface area contributed by atoms with E-state index in [1.807, 2.05) is 0 Å². The van der Waals surface area contributed by atoms with Crippen LogP contribution in [0.4, 0.5) is 0 Å². The number of nitrogens with zero attached hydrogens (tertiary/aromatic N) is 1. The Kier molecular flexibility index (Phi) is 10.8. The minimum Gasteiger partial charge on any atom is -0.312 e. The maximum absolute atomic E-state index is 3.55. The van der Waals surface area contributed by atoms with Crippen molar-refractivity contribution in [1.29, 1.82) is 0 Å². The predicted octanol–water partition coefficient (Wildman–Crippen LogP) is 4.06. The number of rotatable bonds is 11. The number of unbranched alkanes of at least 4 members (excludes halogenated alkanes) is 5. The van der Waals surface area contributed by atoms with Gasteiger partial charge in [0.05, 0.1) is 0 Å². The lowest BCUT2D eigenvalue weighted by molar-refractivity contribution is 0.315. The molecule has 0 aromatic rings. The van der Waals surface area contributed by atoms with Gasteiger partial charge in [0.25, 0.3) is 0 Å². The van der Waals surface area contributed by atoms with Gasteiger partial charge in [-0.2, -0.15) is 0 Å². The topological polar surface area (TPSA) is 15.3 Å². The Morgan fingerprint density at radius 3 is 1.94 bits per heavy atom. The molecule has 0 aliphatic carbocycles. The first kappa shape index (κ1) is 17.9. The van der Waals surface area contributed by atoms with Crippen molar-refractivity contribution in [2.45, 2.75) is 78.2 Å². The Balaban J connectivity index is 3.20. The summed E-state index contributed by atoms with van der Waals surface area (Å²) < 4.78 is 0. The second-order valence-electron chi connectivity index (χ2n) is 6.60. The fraction of sp³-hybridized carbons (Fsp3) is 1.00. The van der Waals surface area contributed by atoms with Crippen LogP contribution in [0, 0.1) is 0 Å². The highest BCUT2D eigenvalue weighted by molar-refractivity contribution is 4.69. The summed E-state index contributed by atoms with van der Waals surface area (Å²) in [5.41, 5.74) is 0.277. The molecule has 0 spiro atoms. The molecule has 2 heteroatoms. The lowest BCUT2D eigenvalue weighted by Gasteiger charge is -2.20. The molecule has 0 aliphatic rings. The smallest absolute Gasteiger partial charge is 0.00965 e. The molecule has 18 heavy (non-hydrogen) atoms. The van der Waals surface area contributed by atoms with E-state index in [0.29, 0.717) is 0 Å². The van der Waals surface area contributed by atoms with E-state index in [1.54, 1.807) is 0 Å². The summed E-state index contributed by atoms with van der Waals surface area (Å²) in [6, 6.07) is 0. The molecule has 0 rings (SSSR count). The van der Waals surface area contributed by atoms with Crippen molar-refractivity contribution in [3.8, 4) is 0 Å². The van der Waals surface area contributed by atoms with E-state index in [0.717, 1.165) is 6.54 Å². The molecular formula is C16H36N2. The summed E-state index contributed by atoms with van der Waals surface area (Å²) in [4.78, 5) is 2.49. The fourth-order valence-corrected chi connectivity index (χ4v) is 2.07. The van der Waals surface area contributed by atoms with Gasteiger partial charge in [-0.1, -0.05) is 32.6 Å². The van der Waals surface area contributed by atoms with E-state index in [4.69, 9.17) is 0 Å². The Bertz CT molecular complexity index is 172. The number of nitrogens with one attached hydrogen (secondary N) is 1. The monoisotopic (exact) mass is 256 g/mol. The van der Waals surface area contributed by atoms with Crippen molar-refractivity contribution >= 4 is 0 Å². The molecule has 1 N–H and O–H groups in total. The molecule has 2 nitrogen and oxygen atoms in total. The van der Waals surface area contributed by atoms with Gasteiger partial charge in [-0.15, -0.1) is 0 Å². The highest BCUT2D eigenvalue weighted by atomic mass is 15.1. The van der Waals surface area contributed by atoms with E-state index in [1.165, 1.54) is 58.0 Å². The van der Waals surface area contributed by atoms with Crippen LogP contribution in [0.3, 0.4) is 0 Å². The lowest BCUT2D eigenvalue weighted by Crippen LogP contribution is -2.36. The standard InChI is InChI=1S/C16H36N2/c1-6-7-11-14-18(5)15-12-9-8-10-13-17-16(2,3)4/h17H,6-15H2,1-5H3. The molecule has 110 valence electrons. The quantitative estimate of drug-likeness (QED) is 0.561. The lowest BCUT2D eigenvalue weighted by atomic mass is 10.1. The average Bonchev–Trinajstić information content (AvgIpc) is 2.26. The maximum Gasteiger partial charge on any atom is 0.00965 e. The van der Waals surface area contributed by atoms with E-state index in [2.05, 4.69) is 45.0 Å². The van der Waals surface area contributed by atoms with Gasteiger partial charge in [0.15, 0.2) is 0 Å². The molecule has 0 saturated heterocycles. The third-order valence-electron chi connectivity index (χ3n) is 3.27. The molecule has 0 aromatic carbocycles. The second-order valence-corrected chi connectivity index (χ2v) is 6.60. The van der Waals surface area contributed by atoms with Gasteiger partial charge in [-0.05, 0) is 66.7 Å². The largest absolute Gasteiger partial charge is 0.312 e. The number of hydrogen-bond donors (Lipinski definition) is 1. The van der Waals surface area contributed by atoms with Gasteiger partial charge in [0, 0.05) is 5.54 Å². The van der Waals surface area contributed by atoms with Crippen molar-refractivity contribution in [3.05, 3.63) is 0 Å². The second kappa shape index (κ2) is 10.8. The van der Waals surface area contributed by atoms with E-state index < -0.39 is 0 Å². The zero-order chi connectivity index (χ0) is 13.9. The third-order valence-corrected chi connectivity index (χ3v) is 3.27. The van der Waals surface area contributed by atoms with Crippen LogP contribution in [0.25, 0.3) is 0 Å². The van der Waals surface area contributed by atoms with Gasteiger partial charge < -0.3 is 10.2 Å². The van der Waals surface area contributed by atoms with Crippen LogP contribution in [0.1, 0.15) is 72.6 Å². The van der Waals surface area contributed by atoms with Crippen LogP contribution in [0.15, 0.2) is 0 Å². The first-order valence-electron chi connectivity index (χ1n) is 7.89. The van der Waals surface area contributed by atoms with Crippen LogP contribution >= 0.6 is 0 Å². The molecule has 0 bridgehead atoms. The highest BCUT2D eigenvalue weighted by Crippen LogP contribution is 2.04. The molecule has 0 aliphatic heterocycles. The molecule has 0 saturated carbocycles. The predicted molar refractivity (Wildman–Crippen MR) is 83.2 cm³/mol. The van der Waals surface area contributed by atoms with E-state index in [-0.39, 0.29) is 5.54 Å². The molecule has 0 amide bonds. The molecule has 0 aromatic heterocycles. The molecular weight excluding hydrogens is 220 g/mol. The molecule has 0 fully saturated rings. The van der Waals surface area contributed by atoms with Gasteiger partial charge in [0.2, 0.25) is 0 Å². The average molecular weight is 256 g/mol. The summed E-state index contributed by atoms with van der Waals surface area (Å²) in [7, 11) is 2.26. The van der Waals surface area contributed by atoms with Crippen molar-refractivity contribution in [2.75, 3.05) is 26.7 Å². The summed E-state index contributed by atoms with van der Waals surface area (Å²) >= 11 is 0. The zero-order valence-corrected chi connectivity index (χ0v) is 13.5. The van der Waals surface area contributed by atoms with Crippen LogP contribution in [-0.4, -0.2) is 37.1 Å². The maximum atomic E-state index is 3.55. The van der Waals surface area contributed by atoms with Gasteiger partial charge >= 0.3 is 0 Å². The van der Waals surface area contributed by atoms with Crippen molar-refractivity contribution in [1.82, 2.24) is 10.2 Å². The van der Waals surface area contributed by atoms with E-state index in [9.17, 15) is 0 Å². The summed E-state index contributed by atoms with van der Waals surface area (Å²) in [6.07, 6.45) is 9.49. The molecule has 0 atom stereocenters. The third kappa shape index (κ3) is 14.0. The first-order valence-corrected chi connectivity index (χ1v) is 7.89. The Morgan fingerprint density at radius 2 is 1.39 bits per heavy atom. The highest BCUT2D eigenvalue weighted by Gasteiger charge is 2.06. The first-order chi connectivity index (χ1) is 8.45. The minimum atomic E-state index is 0.277. The molecule has 0 unspecified atom stereocenters. The van der Waals surface area contributed by atoms with E-state index >= 15 is 0 Å². The minimum absolute atomic E-state index is 0.277. The molecule has 0 radical (unpaired) electrons. The van der Waals surface area contributed by atoms with Gasteiger partial charge in [0.1, 0.15) is 0 Å².